The summed E-state index contributed by atoms with van der Waals surface area (Å²) in [5.74, 6) is -5.34. The number of benzene rings is 4. The predicted octanol–water partition coefficient (Wildman–Crippen LogP) is 7.86. The van der Waals surface area contributed by atoms with Crippen molar-refractivity contribution in [1.29, 1.82) is 5.26 Å². The van der Waals surface area contributed by atoms with Crippen molar-refractivity contribution in [3.05, 3.63) is 107 Å². The van der Waals surface area contributed by atoms with Crippen molar-refractivity contribution in [1.82, 2.24) is 0 Å². The van der Waals surface area contributed by atoms with Crippen molar-refractivity contribution < 1.29 is 22.0 Å². The molecule has 0 aliphatic heterocycles. The molecule has 0 amide bonds. The number of rotatable bonds is 5. The number of fused-ring (bicyclic) bond motifs is 1. The molecule has 0 aliphatic rings. The second-order valence-corrected chi connectivity index (χ2v) is 7.55. The molecule has 0 saturated heterocycles. The van der Waals surface area contributed by atoms with Crippen LogP contribution in [0.15, 0.2) is 67.3 Å². The van der Waals surface area contributed by atoms with E-state index in [2.05, 4.69) is 6.58 Å². The van der Waals surface area contributed by atoms with Crippen LogP contribution >= 0.6 is 0 Å². The topological polar surface area (TPSA) is 23.8 Å². The van der Waals surface area contributed by atoms with Crippen LogP contribution in [-0.4, -0.2) is 0 Å². The molecule has 0 heterocycles. The summed E-state index contributed by atoms with van der Waals surface area (Å²) in [6.45, 7) is 3.68. The maximum atomic E-state index is 15.2. The third kappa shape index (κ3) is 4.10. The Hall–Kier alpha value is -3.98. The molecule has 0 saturated carbocycles. The zero-order valence-electron chi connectivity index (χ0n) is 17.2. The van der Waals surface area contributed by atoms with E-state index in [0.717, 1.165) is 30.5 Å². The lowest BCUT2D eigenvalue weighted by molar-refractivity contribution is 0.573. The number of halogens is 5. The van der Waals surface area contributed by atoms with Gasteiger partial charge in [-0.1, -0.05) is 36.4 Å². The fourth-order valence-electron chi connectivity index (χ4n) is 3.82. The Morgan fingerprint density at radius 1 is 0.788 bits per heavy atom. The molecule has 0 radical (unpaired) electrons. The van der Waals surface area contributed by atoms with Gasteiger partial charge in [-0.05, 0) is 59.2 Å². The van der Waals surface area contributed by atoms with Crippen molar-refractivity contribution in [2.45, 2.75) is 12.8 Å². The minimum atomic E-state index is -1.23. The highest BCUT2D eigenvalue weighted by molar-refractivity contribution is 5.89. The van der Waals surface area contributed by atoms with E-state index in [-0.39, 0.29) is 11.1 Å². The molecule has 0 atom stereocenters. The first-order valence-electron chi connectivity index (χ1n) is 10.0. The number of nitrogens with zero attached hydrogens (tertiary/aromatic N) is 1. The Balaban J connectivity index is 1.79. The molecular weight excluding hydrogens is 433 g/mol. The first kappa shape index (κ1) is 22.2. The third-order valence-electron chi connectivity index (χ3n) is 5.45. The van der Waals surface area contributed by atoms with E-state index >= 15 is 4.39 Å². The Morgan fingerprint density at radius 2 is 1.42 bits per heavy atom. The van der Waals surface area contributed by atoms with Gasteiger partial charge in [0.15, 0.2) is 0 Å². The van der Waals surface area contributed by atoms with Gasteiger partial charge in [0.2, 0.25) is 0 Å². The van der Waals surface area contributed by atoms with Crippen molar-refractivity contribution >= 4 is 10.8 Å². The van der Waals surface area contributed by atoms with Gasteiger partial charge in [0, 0.05) is 10.9 Å². The molecule has 164 valence electrons. The van der Waals surface area contributed by atoms with Crippen molar-refractivity contribution in [3.8, 4) is 28.3 Å². The molecule has 4 aromatic rings. The third-order valence-corrected chi connectivity index (χ3v) is 5.45. The number of aryl methyl sites for hydroxylation is 1. The largest absolute Gasteiger partial charge is 0.206 e. The van der Waals surface area contributed by atoms with E-state index in [4.69, 9.17) is 5.26 Å². The van der Waals surface area contributed by atoms with Crippen LogP contribution in [0.2, 0.25) is 0 Å². The molecule has 1 nitrogen and oxygen atoms in total. The lowest BCUT2D eigenvalue weighted by Gasteiger charge is -2.12. The van der Waals surface area contributed by atoms with Gasteiger partial charge in [0.1, 0.15) is 40.7 Å². The van der Waals surface area contributed by atoms with Gasteiger partial charge < -0.3 is 0 Å². The van der Waals surface area contributed by atoms with E-state index < -0.39 is 45.8 Å². The minimum absolute atomic E-state index is 0.0112. The van der Waals surface area contributed by atoms with Crippen LogP contribution in [0.1, 0.15) is 17.5 Å². The standard InChI is InChI=1S/C27H16F5N/c1-2-3-4-15-5-7-19-16(9-15)6-8-20(27(19)32)17-10-24(30)26(25(31)11-17)18-12-22(28)21(14-33)23(29)13-18/h2,5-13H,1,3-4H2. The second kappa shape index (κ2) is 8.87. The van der Waals surface area contributed by atoms with Gasteiger partial charge in [-0.2, -0.15) is 5.26 Å². The highest BCUT2D eigenvalue weighted by Crippen LogP contribution is 2.35. The monoisotopic (exact) mass is 449 g/mol. The number of hydrogen-bond acceptors (Lipinski definition) is 1. The SMILES string of the molecule is C=CCCc1ccc2c(F)c(-c3cc(F)c(-c4cc(F)c(C#N)c(F)c4)c(F)c3)ccc2c1. The smallest absolute Gasteiger partial charge is 0.144 e. The lowest BCUT2D eigenvalue weighted by atomic mass is 9.95. The molecule has 4 aromatic carbocycles. The maximum absolute atomic E-state index is 15.2. The van der Waals surface area contributed by atoms with Crippen molar-refractivity contribution in [2.24, 2.45) is 0 Å². The molecule has 0 N–H and O–H groups in total. The maximum Gasteiger partial charge on any atom is 0.144 e. The number of allylic oxidation sites excluding steroid dienone is 1. The van der Waals surface area contributed by atoms with Crippen LogP contribution in [-0.2, 0) is 6.42 Å². The van der Waals surface area contributed by atoms with Gasteiger partial charge in [-0.25, -0.2) is 22.0 Å². The fraction of sp³-hybridized carbons (Fsp3) is 0.0741. The van der Waals surface area contributed by atoms with Gasteiger partial charge in [-0.15, -0.1) is 6.58 Å². The summed E-state index contributed by atoms with van der Waals surface area (Å²) in [7, 11) is 0. The Bertz CT molecular complexity index is 1400. The molecule has 33 heavy (non-hydrogen) atoms. The second-order valence-electron chi connectivity index (χ2n) is 7.55. The molecule has 6 heteroatoms. The van der Waals surface area contributed by atoms with E-state index in [9.17, 15) is 17.6 Å². The normalized spacial score (nSPS) is 10.9. The zero-order chi connectivity index (χ0) is 23.7. The summed E-state index contributed by atoms with van der Waals surface area (Å²) in [6.07, 6.45) is 3.34. The summed E-state index contributed by atoms with van der Waals surface area (Å²) < 4.78 is 72.8. The molecule has 0 bridgehead atoms. The predicted molar refractivity (Wildman–Crippen MR) is 118 cm³/mol. The van der Waals surface area contributed by atoms with E-state index in [1.165, 1.54) is 12.1 Å². The summed E-state index contributed by atoms with van der Waals surface area (Å²) in [6, 6.07) is 12.9. The average Bonchev–Trinajstić information content (AvgIpc) is 2.77. The average molecular weight is 449 g/mol. The van der Waals surface area contributed by atoms with Crippen LogP contribution in [0.3, 0.4) is 0 Å². The first-order chi connectivity index (χ1) is 15.8. The Labute approximate surface area is 187 Å². The molecule has 0 fully saturated rings. The Kier molecular flexibility index (Phi) is 5.97. The number of hydrogen-bond donors (Lipinski definition) is 0. The summed E-state index contributed by atoms with van der Waals surface area (Å²) in [5.41, 5.74) is -0.980. The van der Waals surface area contributed by atoms with E-state index in [0.29, 0.717) is 22.9 Å². The van der Waals surface area contributed by atoms with Crippen LogP contribution in [0, 0.1) is 40.4 Å². The van der Waals surface area contributed by atoms with Crippen molar-refractivity contribution in [3.63, 3.8) is 0 Å². The van der Waals surface area contributed by atoms with E-state index in [1.807, 2.05) is 6.07 Å². The molecular formula is C27H16F5N. The van der Waals surface area contributed by atoms with Crippen molar-refractivity contribution in [2.75, 3.05) is 0 Å². The number of nitriles is 1. The summed E-state index contributed by atoms with van der Waals surface area (Å²) in [5, 5.41) is 9.72. The summed E-state index contributed by atoms with van der Waals surface area (Å²) in [4.78, 5) is 0. The van der Waals surface area contributed by atoms with Crippen LogP contribution < -0.4 is 0 Å². The molecule has 0 spiro atoms. The summed E-state index contributed by atoms with van der Waals surface area (Å²) >= 11 is 0. The molecule has 0 aliphatic carbocycles. The lowest BCUT2D eigenvalue weighted by Crippen LogP contribution is -1.97. The Morgan fingerprint density at radius 3 is 2.03 bits per heavy atom. The van der Waals surface area contributed by atoms with Crippen LogP contribution in [0.5, 0.6) is 0 Å². The van der Waals surface area contributed by atoms with Gasteiger partial charge in [-0.3, -0.25) is 0 Å². The van der Waals surface area contributed by atoms with Gasteiger partial charge in [0.05, 0.1) is 5.56 Å². The van der Waals surface area contributed by atoms with Gasteiger partial charge in [0.25, 0.3) is 0 Å². The van der Waals surface area contributed by atoms with Crippen LogP contribution in [0.25, 0.3) is 33.0 Å². The molecule has 0 unspecified atom stereocenters. The molecule has 0 aromatic heterocycles. The first-order valence-corrected chi connectivity index (χ1v) is 10.0. The highest BCUT2D eigenvalue weighted by Gasteiger charge is 2.20. The van der Waals surface area contributed by atoms with E-state index in [1.54, 1.807) is 24.3 Å². The zero-order valence-corrected chi connectivity index (χ0v) is 17.2. The minimum Gasteiger partial charge on any atom is -0.206 e. The quantitative estimate of drug-likeness (QED) is 0.225. The fourth-order valence-corrected chi connectivity index (χ4v) is 3.82. The van der Waals surface area contributed by atoms with Gasteiger partial charge >= 0.3 is 0 Å². The highest BCUT2D eigenvalue weighted by atomic mass is 19.1. The van der Waals surface area contributed by atoms with Crippen LogP contribution in [0.4, 0.5) is 22.0 Å². The molecule has 4 rings (SSSR count).